The van der Waals surface area contributed by atoms with E-state index in [0.717, 1.165) is 11.3 Å². The molecule has 0 atom stereocenters. The van der Waals surface area contributed by atoms with Crippen molar-refractivity contribution in [2.75, 3.05) is 0 Å². The van der Waals surface area contributed by atoms with Gasteiger partial charge in [0.25, 0.3) is 0 Å². The van der Waals surface area contributed by atoms with Gasteiger partial charge in [0.05, 0.1) is 10.6 Å². The highest BCUT2D eigenvalue weighted by Gasteiger charge is 2.13. The van der Waals surface area contributed by atoms with E-state index < -0.39 is 5.97 Å². The Hall–Kier alpha value is -1.64. The first-order chi connectivity index (χ1) is 7.13. The van der Waals surface area contributed by atoms with Gasteiger partial charge < -0.3 is 5.11 Å². The monoisotopic (exact) mass is 238 g/mol. The van der Waals surface area contributed by atoms with E-state index in [2.05, 4.69) is 4.98 Å². The number of carboxylic acids is 1. The molecule has 0 aliphatic heterocycles. The van der Waals surface area contributed by atoms with Gasteiger partial charge in [0.1, 0.15) is 15.8 Å². The van der Waals surface area contributed by atoms with Crippen LogP contribution in [0.25, 0.3) is 10.2 Å². The zero-order valence-corrected chi connectivity index (χ0v) is 8.76. The van der Waals surface area contributed by atoms with Gasteiger partial charge in [-0.05, 0) is 6.07 Å². The molecule has 0 aromatic carbocycles. The molecular formula is C9H3ClN2O2S. The molecule has 2 heterocycles. The summed E-state index contributed by atoms with van der Waals surface area (Å²) in [6.45, 7) is 0. The Morgan fingerprint density at radius 2 is 2.40 bits per heavy atom. The summed E-state index contributed by atoms with van der Waals surface area (Å²) in [5, 5.41) is 18.3. The van der Waals surface area contributed by atoms with Gasteiger partial charge in [-0.2, -0.15) is 5.26 Å². The zero-order chi connectivity index (χ0) is 11.0. The highest BCUT2D eigenvalue weighted by atomic mass is 35.5. The number of rotatable bonds is 1. The maximum atomic E-state index is 10.7. The van der Waals surface area contributed by atoms with Crippen LogP contribution < -0.4 is 0 Å². The van der Waals surface area contributed by atoms with Gasteiger partial charge in [-0.3, -0.25) is 0 Å². The summed E-state index contributed by atoms with van der Waals surface area (Å²) in [5.74, 6) is -1.02. The maximum Gasteiger partial charge on any atom is 0.345 e. The number of hydrogen-bond acceptors (Lipinski definition) is 4. The number of halogens is 1. The molecule has 0 bridgehead atoms. The molecule has 0 radical (unpaired) electrons. The van der Waals surface area contributed by atoms with Crippen molar-refractivity contribution < 1.29 is 9.90 Å². The minimum absolute atomic E-state index is 0.162. The lowest BCUT2D eigenvalue weighted by molar-refractivity contribution is 0.0702. The number of carboxylic acid groups (broad SMARTS) is 1. The molecule has 2 aromatic heterocycles. The highest BCUT2D eigenvalue weighted by Crippen LogP contribution is 2.31. The highest BCUT2D eigenvalue weighted by molar-refractivity contribution is 7.20. The van der Waals surface area contributed by atoms with Crippen LogP contribution in [0.3, 0.4) is 0 Å². The number of pyridine rings is 1. The van der Waals surface area contributed by atoms with Crippen molar-refractivity contribution in [1.29, 1.82) is 5.26 Å². The number of nitrogens with zero attached hydrogens (tertiary/aromatic N) is 2. The fourth-order valence-electron chi connectivity index (χ4n) is 1.14. The molecule has 0 fully saturated rings. The Morgan fingerprint density at radius 1 is 1.67 bits per heavy atom. The Morgan fingerprint density at radius 3 is 3.00 bits per heavy atom. The quantitative estimate of drug-likeness (QED) is 0.828. The van der Waals surface area contributed by atoms with E-state index >= 15 is 0 Å². The molecule has 0 saturated carbocycles. The normalized spacial score (nSPS) is 10.1. The van der Waals surface area contributed by atoms with Crippen molar-refractivity contribution in [1.82, 2.24) is 4.98 Å². The lowest BCUT2D eigenvalue weighted by atomic mass is 10.2. The molecule has 0 spiro atoms. The maximum absolute atomic E-state index is 10.7. The second-order valence-corrected chi connectivity index (χ2v) is 4.14. The van der Waals surface area contributed by atoms with E-state index in [-0.39, 0.29) is 15.5 Å². The zero-order valence-electron chi connectivity index (χ0n) is 7.19. The van der Waals surface area contributed by atoms with Crippen LogP contribution in [0.2, 0.25) is 5.02 Å². The summed E-state index contributed by atoms with van der Waals surface area (Å²) in [6, 6.07) is 3.32. The van der Waals surface area contributed by atoms with Crippen LogP contribution in [-0.2, 0) is 0 Å². The third-order valence-electron chi connectivity index (χ3n) is 1.83. The lowest BCUT2D eigenvalue weighted by Gasteiger charge is -1.93. The molecule has 0 aliphatic rings. The third-order valence-corrected chi connectivity index (χ3v) is 3.27. The van der Waals surface area contributed by atoms with E-state index in [1.165, 1.54) is 12.3 Å². The average molecular weight is 239 g/mol. The molecule has 0 aliphatic carbocycles. The molecule has 15 heavy (non-hydrogen) atoms. The molecule has 1 N–H and O–H groups in total. The number of thiophene rings is 1. The summed E-state index contributed by atoms with van der Waals surface area (Å²) < 4.78 is 0. The number of hydrogen-bond donors (Lipinski definition) is 1. The average Bonchev–Trinajstić information content (AvgIpc) is 2.63. The van der Waals surface area contributed by atoms with Crippen LogP contribution in [-0.4, -0.2) is 16.1 Å². The fraction of sp³-hybridized carbons (Fsp3) is 0. The minimum atomic E-state index is -1.02. The van der Waals surface area contributed by atoms with Gasteiger partial charge in [0.15, 0.2) is 0 Å². The molecule has 0 saturated heterocycles. The van der Waals surface area contributed by atoms with Crippen LogP contribution in [0, 0.1) is 11.3 Å². The van der Waals surface area contributed by atoms with E-state index in [1.54, 1.807) is 0 Å². The molecule has 6 heteroatoms. The summed E-state index contributed by atoms with van der Waals surface area (Å²) in [6.07, 6.45) is 1.34. The molecule has 4 nitrogen and oxygen atoms in total. The van der Waals surface area contributed by atoms with Crippen molar-refractivity contribution in [2.24, 2.45) is 0 Å². The topological polar surface area (TPSA) is 74.0 Å². The number of fused-ring (bicyclic) bond motifs is 1. The van der Waals surface area contributed by atoms with Crippen molar-refractivity contribution in [3.63, 3.8) is 0 Å². The third kappa shape index (κ3) is 1.54. The molecule has 2 rings (SSSR count). The van der Waals surface area contributed by atoms with Crippen molar-refractivity contribution >= 4 is 39.1 Å². The van der Waals surface area contributed by atoms with Gasteiger partial charge in [-0.1, -0.05) is 11.6 Å². The van der Waals surface area contributed by atoms with Crippen LogP contribution in [0.1, 0.15) is 15.2 Å². The first-order valence-corrected chi connectivity index (χ1v) is 5.04. The summed E-state index contributed by atoms with van der Waals surface area (Å²) in [5.41, 5.74) is 0.249. The second kappa shape index (κ2) is 3.50. The van der Waals surface area contributed by atoms with Crippen molar-refractivity contribution in [3.05, 3.63) is 27.7 Å². The van der Waals surface area contributed by atoms with Crippen LogP contribution >= 0.6 is 22.9 Å². The summed E-state index contributed by atoms with van der Waals surface area (Å²) in [4.78, 5) is 15.4. The fourth-order valence-corrected chi connectivity index (χ4v) is 2.28. The largest absolute Gasteiger partial charge is 0.477 e. The van der Waals surface area contributed by atoms with Gasteiger partial charge >= 0.3 is 5.97 Å². The summed E-state index contributed by atoms with van der Waals surface area (Å²) >= 11 is 6.95. The van der Waals surface area contributed by atoms with Crippen LogP contribution in [0.5, 0.6) is 0 Å². The molecular weight excluding hydrogens is 236 g/mol. The van der Waals surface area contributed by atoms with Crippen molar-refractivity contribution in [2.45, 2.75) is 0 Å². The van der Waals surface area contributed by atoms with E-state index in [9.17, 15) is 4.79 Å². The van der Waals surface area contributed by atoms with Crippen LogP contribution in [0.15, 0.2) is 12.3 Å². The van der Waals surface area contributed by atoms with Gasteiger partial charge in [-0.15, -0.1) is 11.3 Å². The predicted molar refractivity (Wildman–Crippen MR) is 56.3 cm³/mol. The first kappa shape index (κ1) is 9.90. The second-order valence-electron chi connectivity index (χ2n) is 2.73. The van der Waals surface area contributed by atoms with E-state index in [4.69, 9.17) is 22.0 Å². The standard InChI is InChI=1S/C9H3ClN2O2S/c10-7-4(2-11)3-12-8-5(7)1-6(15-8)9(13)14/h1,3H,(H,13,14). The van der Waals surface area contributed by atoms with E-state index in [0.29, 0.717) is 10.2 Å². The number of carbonyl (C=O) groups is 1. The van der Waals surface area contributed by atoms with Crippen molar-refractivity contribution in [3.8, 4) is 6.07 Å². The SMILES string of the molecule is N#Cc1cnc2sc(C(=O)O)cc2c1Cl. The molecule has 0 unspecified atom stereocenters. The smallest absolute Gasteiger partial charge is 0.345 e. The van der Waals surface area contributed by atoms with Gasteiger partial charge in [0.2, 0.25) is 0 Å². The van der Waals surface area contributed by atoms with E-state index in [1.807, 2.05) is 6.07 Å². The van der Waals surface area contributed by atoms with Crippen LogP contribution in [0.4, 0.5) is 0 Å². The van der Waals surface area contributed by atoms with Gasteiger partial charge in [0, 0.05) is 11.6 Å². The Bertz CT molecular complexity index is 600. The summed E-state index contributed by atoms with van der Waals surface area (Å²) in [7, 11) is 0. The molecule has 0 amide bonds. The molecule has 74 valence electrons. The lowest BCUT2D eigenvalue weighted by Crippen LogP contribution is -1.89. The number of aromatic nitrogens is 1. The first-order valence-electron chi connectivity index (χ1n) is 3.85. The minimum Gasteiger partial charge on any atom is -0.477 e. The predicted octanol–water partition coefficient (Wildman–Crippen LogP) is 2.52. The van der Waals surface area contributed by atoms with Gasteiger partial charge in [-0.25, -0.2) is 9.78 Å². The molecule has 2 aromatic rings. The Kier molecular flexibility index (Phi) is 2.31. The number of nitriles is 1. The Balaban J connectivity index is 2.78. The Labute approximate surface area is 93.4 Å². The number of aromatic carboxylic acids is 1.